The maximum absolute atomic E-state index is 11.4. The van der Waals surface area contributed by atoms with Crippen LogP contribution < -0.4 is 0 Å². The normalized spacial score (nSPS) is 44.2. The van der Waals surface area contributed by atoms with Crippen LogP contribution in [-0.4, -0.2) is 125 Å². The van der Waals surface area contributed by atoms with Gasteiger partial charge >= 0.3 is 11.9 Å². The minimum atomic E-state index is -1.73. The Kier molecular flexibility index (Phi) is 7.66. The molecule has 0 saturated carbocycles. The van der Waals surface area contributed by atoms with Gasteiger partial charge < -0.3 is 54.3 Å². The van der Waals surface area contributed by atoms with Crippen molar-refractivity contribution in [3.05, 3.63) is 0 Å². The number of aliphatic hydroxyl groups excluding tert-OH is 4. The van der Waals surface area contributed by atoms with E-state index < -0.39 is 79.8 Å². The molecule has 2 fully saturated rings. The van der Waals surface area contributed by atoms with E-state index in [1.807, 2.05) is 0 Å². The van der Waals surface area contributed by atoms with E-state index in [4.69, 9.17) is 23.7 Å². The molecule has 2 saturated heterocycles. The van der Waals surface area contributed by atoms with Gasteiger partial charge in [-0.1, -0.05) is 0 Å². The summed E-state index contributed by atoms with van der Waals surface area (Å²) in [5.74, 6) is -2.96. The van der Waals surface area contributed by atoms with Crippen LogP contribution in [-0.2, 0) is 33.3 Å². The summed E-state index contributed by atoms with van der Waals surface area (Å²) in [6, 6.07) is 0. The van der Waals surface area contributed by atoms with Crippen LogP contribution in [0.25, 0.3) is 0 Å². The van der Waals surface area contributed by atoms with Crippen LogP contribution in [0.2, 0.25) is 0 Å². The van der Waals surface area contributed by atoms with Gasteiger partial charge in [0.15, 0.2) is 18.5 Å². The summed E-state index contributed by atoms with van der Waals surface area (Å²) in [5, 5.41) is 58.8. The number of aliphatic hydroxyl groups is 4. The number of hydrogen-bond donors (Lipinski definition) is 6. The number of methoxy groups -OCH3 is 2. The third-order valence-electron chi connectivity index (χ3n) is 4.68. The number of carbonyl (C=O) groups is 2. The van der Waals surface area contributed by atoms with Crippen LogP contribution in [0.3, 0.4) is 0 Å². The largest absolute Gasteiger partial charge is 0.479 e. The zero-order valence-electron chi connectivity index (χ0n) is 15.0. The molecule has 0 aliphatic carbocycles. The molecule has 0 spiro atoms. The van der Waals surface area contributed by atoms with Gasteiger partial charge in [0.05, 0.1) is 6.61 Å². The number of aliphatic carboxylic acids is 2. The second-order valence-electron chi connectivity index (χ2n) is 6.39. The molecule has 2 aliphatic rings. The molecule has 4 unspecified atom stereocenters. The molecule has 13 heteroatoms. The fourth-order valence-corrected chi connectivity index (χ4v) is 3.16. The molecular weight excluding hydrogens is 388 g/mol. The fourth-order valence-electron chi connectivity index (χ4n) is 3.16. The molecule has 162 valence electrons. The highest BCUT2D eigenvalue weighted by Crippen LogP contribution is 2.27. The third kappa shape index (κ3) is 4.42. The van der Waals surface area contributed by atoms with Gasteiger partial charge in [-0.3, -0.25) is 0 Å². The Hall–Kier alpha value is -1.42. The van der Waals surface area contributed by atoms with E-state index in [-0.39, 0.29) is 0 Å². The zero-order valence-corrected chi connectivity index (χ0v) is 15.0. The quantitative estimate of drug-likeness (QED) is 0.237. The molecule has 2 heterocycles. The molecule has 6 N–H and O–H groups in total. The van der Waals surface area contributed by atoms with E-state index in [1.54, 1.807) is 0 Å². The second kappa shape index (κ2) is 9.39. The van der Waals surface area contributed by atoms with Crippen LogP contribution >= 0.6 is 0 Å². The Morgan fingerprint density at radius 3 is 1.82 bits per heavy atom. The van der Waals surface area contributed by atoms with Gasteiger partial charge in [-0.25, -0.2) is 9.59 Å². The summed E-state index contributed by atoms with van der Waals surface area (Å²) < 4.78 is 25.2. The zero-order chi connectivity index (χ0) is 21.2. The molecule has 0 aromatic rings. The fraction of sp³-hybridized carbons (Fsp3) is 0.867. The highest BCUT2D eigenvalue weighted by molar-refractivity contribution is 5.74. The summed E-state index contributed by atoms with van der Waals surface area (Å²) in [5.41, 5.74) is 0. The van der Waals surface area contributed by atoms with Gasteiger partial charge in [-0.05, 0) is 0 Å². The monoisotopic (exact) mass is 412 g/mol. The smallest absolute Gasteiger partial charge is 0.335 e. The molecule has 0 radical (unpaired) electrons. The average molecular weight is 412 g/mol. The topological polar surface area (TPSA) is 202 Å². The molecule has 28 heavy (non-hydrogen) atoms. The summed E-state index contributed by atoms with van der Waals surface area (Å²) in [4.78, 5) is 22.7. The molecule has 2 aliphatic heterocycles. The van der Waals surface area contributed by atoms with Gasteiger partial charge in [-0.15, -0.1) is 0 Å². The average Bonchev–Trinajstić information content (AvgIpc) is 2.65. The predicted octanol–water partition coefficient (Wildman–Crippen LogP) is -3.86. The van der Waals surface area contributed by atoms with E-state index in [9.17, 15) is 40.2 Å². The summed E-state index contributed by atoms with van der Waals surface area (Å²) in [6.45, 7) is -0.613. The highest BCUT2D eigenvalue weighted by Gasteiger charge is 2.51. The minimum absolute atomic E-state index is 0.613. The van der Waals surface area contributed by atoms with Crippen molar-refractivity contribution in [2.75, 3.05) is 20.8 Å². The maximum atomic E-state index is 11.4. The second-order valence-corrected chi connectivity index (χ2v) is 6.39. The van der Waals surface area contributed by atoms with E-state index in [0.717, 1.165) is 14.2 Å². The van der Waals surface area contributed by atoms with E-state index in [0.29, 0.717) is 0 Å². The lowest BCUT2D eigenvalue weighted by molar-refractivity contribution is -0.301. The SMILES string of the molecule is CO[C@@H]1OC(C(=O)O)[C@@H](OC[C@@H]2OC(C(=O)O)[C@@H](OC)[C@H](O)C2O)[C@H](O)C1O. The van der Waals surface area contributed by atoms with Crippen LogP contribution in [0, 0.1) is 0 Å². The summed E-state index contributed by atoms with van der Waals surface area (Å²) in [7, 11) is 2.28. The van der Waals surface area contributed by atoms with Gasteiger partial charge in [0.25, 0.3) is 0 Å². The molecule has 0 aromatic heterocycles. The van der Waals surface area contributed by atoms with Gasteiger partial charge in [0.2, 0.25) is 0 Å². The molecule has 13 nitrogen and oxygen atoms in total. The Morgan fingerprint density at radius 2 is 1.32 bits per heavy atom. The van der Waals surface area contributed by atoms with Crippen molar-refractivity contribution in [1.82, 2.24) is 0 Å². The number of hydrogen-bond acceptors (Lipinski definition) is 11. The van der Waals surface area contributed by atoms with Gasteiger partial charge in [0.1, 0.15) is 42.7 Å². The Morgan fingerprint density at radius 1 is 0.786 bits per heavy atom. The van der Waals surface area contributed by atoms with Crippen LogP contribution in [0.1, 0.15) is 0 Å². The standard InChI is InChI=1S/C15H24O13/c1-24-9-6(17)5(16)4(27-11(9)13(20)21)3-26-10-7(18)8(19)15(25-2)28-12(10)14(22)23/h4-12,15-19H,3H2,1-2H3,(H,20,21)(H,22,23)/t4-,5?,6+,7+,8?,9-,10-,11?,12?,15+/m0/s1. The third-order valence-corrected chi connectivity index (χ3v) is 4.68. The molecule has 0 bridgehead atoms. The lowest BCUT2D eigenvalue weighted by Crippen LogP contribution is -2.63. The van der Waals surface area contributed by atoms with Crippen LogP contribution in [0.5, 0.6) is 0 Å². The summed E-state index contributed by atoms with van der Waals surface area (Å²) in [6.07, 6.45) is -15.7. The van der Waals surface area contributed by atoms with Crippen LogP contribution in [0.4, 0.5) is 0 Å². The number of carboxylic acid groups (broad SMARTS) is 2. The molecule has 0 amide bonds. The van der Waals surface area contributed by atoms with Crippen LogP contribution in [0.15, 0.2) is 0 Å². The lowest BCUT2D eigenvalue weighted by atomic mass is 9.94. The maximum Gasteiger partial charge on any atom is 0.335 e. The Bertz CT molecular complexity index is 556. The minimum Gasteiger partial charge on any atom is -0.479 e. The van der Waals surface area contributed by atoms with Crippen molar-refractivity contribution in [1.29, 1.82) is 0 Å². The number of carboxylic acids is 2. The van der Waals surface area contributed by atoms with E-state index in [2.05, 4.69) is 0 Å². The molecule has 2 rings (SSSR count). The first-order valence-corrected chi connectivity index (χ1v) is 8.30. The molecule has 0 aromatic carbocycles. The first kappa shape index (κ1) is 22.9. The summed E-state index contributed by atoms with van der Waals surface area (Å²) >= 11 is 0. The van der Waals surface area contributed by atoms with Crippen molar-refractivity contribution in [3.8, 4) is 0 Å². The lowest BCUT2D eigenvalue weighted by Gasteiger charge is -2.43. The van der Waals surface area contributed by atoms with Crippen molar-refractivity contribution >= 4 is 11.9 Å². The molecule has 10 atom stereocenters. The van der Waals surface area contributed by atoms with Gasteiger partial charge in [-0.2, -0.15) is 0 Å². The van der Waals surface area contributed by atoms with Crippen molar-refractivity contribution in [3.63, 3.8) is 0 Å². The molecular formula is C15H24O13. The van der Waals surface area contributed by atoms with E-state index in [1.165, 1.54) is 0 Å². The van der Waals surface area contributed by atoms with Gasteiger partial charge in [0, 0.05) is 14.2 Å². The Balaban J connectivity index is 2.11. The van der Waals surface area contributed by atoms with Crippen molar-refractivity contribution < 1.29 is 63.9 Å². The first-order chi connectivity index (χ1) is 13.1. The van der Waals surface area contributed by atoms with Crippen molar-refractivity contribution in [2.24, 2.45) is 0 Å². The number of ether oxygens (including phenoxy) is 5. The highest BCUT2D eigenvalue weighted by atomic mass is 16.7. The predicted molar refractivity (Wildman–Crippen MR) is 84.2 cm³/mol. The number of rotatable bonds is 7. The van der Waals surface area contributed by atoms with Crippen molar-refractivity contribution in [2.45, 2.75) is 61.2 Å². The Labute approximate surface area is 158 Å². The van der Waals surface area contributed by atoms with E-state index >= 15 is 0 Å². The first-order valence-electron chi connectivity index (χ1n) is 8.30.